The van der Waals surface area contributed by atoms with Crippen LogP contribution < -0.4 is 0 Å². The van der Waals surface area contributed by atoms with Crippen LogP contribution >= 0.6 is 0 Å². The minimum Gasteiger partial charge on any atom is -0.400 e. The van der Waals surface area contributed by atoms with Crippen LogP contribution in [0.1, 0.15) is 33.3 Å². The SMILES string of the molecule is CC.CC(C)Cc1ccccc1.CO. The quantitative estimate of drug-likeness (QED) is 0.767. The summed E-state index contributed by atoms with van der Waals surface area (Å²) < 4.78 is 0. The van der Waals surface area contributed by atoms with Gasteiger partial charge in [-0.15, -0.1) is 0 Å². The standard InChI is InChI=1S/C10H14.C2H6.CH4O/c1-9(2)8-10-6-4-3-5-7-10;2*1-2/h3-7,9H,8H2,1-2H3;1-2H3;2H,1H3. The van der Waals surface area contributed by atoms with Crippen LogP contribution in [0.25, 0.3) is 0 Å². The second-order valence-corrected chi connectivity index (χ2v) is 3.08. The second-order valence-electron chi connectivity index (χ2n) is 3.08. The van der Waals surface area contributed by atoms with Crippen LogP contribution in [0.3, 0.4) is 0 Å². The van der Waals surface area contributed by atoms with Crippen molar-refractivity contribution in [2.24, 2.45) is 5.92 Å². The van der Waals surface area contributed by atoms with Gasteiger partial charge in [-0.1, -0.05) is 58.0 Å². The first-order chi connectivity index (χ1) is 6.79. The van der Waals surface area contributed by atoms with Gasteiger partial charge in [0.15, 0.2) is 0 Å². The van der Waals surface area contributed by atoms with Gasteiger partial charge in [-0.05, 0) is 17.9 Å². The zero-order valence-electron chi connectivity index (χ0n) is 10.1. The van der Waals surface area contributed by atoms with Crippen molar-refractivity contribution in [2.75, 3.05) is 7.11 Å². The van der Waals surface area contributed by atoms with Crippen LogP contribution in [0.2, 0.25) is 0 Å². The molecule has 0 saturated carbocycles. The van der Waals surface area contributed by atoms with E-state index in [0.717, 1.165) is 13.0 Å². The van der Waals surface area contributed by atoms with E-state index >= 15 is 0 Å². The molecule has 0 spiro atoms. The number of hydrogen-bond donors (Lipinski definition) is 1. The first-order valence-corrected chi connectivity index (χ1v) is 5.27. The van der Waals surface area contributed by atoms with E-state index in [0.29, 0.717) is 0 Å². The Morgan fingerprint density at radius 1 is 1.00 bits per heavy atom. The smallest absolute Gasteiger partial charge is 0.0319 e. The van der Waals surface area contributed by atoms with Crippen molar-refractivity contribution >= 4 is 0 Å². The predicted molar refractivity (Wildman–Crippen MR) is 64.5 cm³/mol. The van der Waals surface area contributed by atoms with Crippen molar-refractivity contribution in [3.63, 3.8) is 0 Å². The van der Waals surface area contributed by atoms with Crippen molar-refractivity contribution in [2.45, 2.75) is 34.1 Å². The van der Waals surface area contributed by atoms with Crippen molar-refractivity contribution in [1.29, 1.82) is 0 Å². The van der Waals surface area contributed by atoms with Gasteiger partial charge in [0, 0.05) is 7.11 Å². The Morgan fingerprint density at radius 2 is 1.43 bits per heavy atom. The number of rotatable bonds is 2. The molecule has 1 nitrogen and oxygen atoms in total. The lowest BCUT2D eigenvalue weighted by Crippen LogP contribution is -1.92. The third kappa shape index (κ3) is 9.27. The van der Waals surface area contributed by atoms with Crippen LogP contribution in [-0.2, 0) is 6.42 Å². The molecule has 1 N–H and O–H groups in total. The fraction of sp³-hybridized carbons (Fsp3) is 0.538. The molecule has 1 aromatic carbocycles. The maximum Gasteiger partial charge on any atom is 0.0319 e. The minimum absolute atomic E-state index is 0.766. The highest BCUT2D eigenvalue weighted by Crippen LogP contribution is 2.05. The maximum atomic E-state index is 7.00. The molecule has 0 heterocycles. The Balaban J connectivity index is 0. The zero-order chi connectivity index (χ0) is 11.4. The Labute approximate surface area is 88.8 Å². The highest BCUT2D eigenvalue weighted by Gasteiger charge is 1.94. The van der Waals surface area contributed by atoms with Crippen molar-refractivity contribution < 1.29 is 5.11 Å². The Hall–Kier alpha value is -0.820. The van der Waals surface area contributed by atoms with Crippen LogP contribution in [0, 0.1) is 5.92 Å². The average molecular weight is 196 g/mol. The lowest BCUT2D eigenvalue weighted by Gasteiger charge is -2.02. The van der Waals surface area contributed by atoms with E-state index in [-0.39, 0.29) is 0 Å². The van der Waals surface area contributed by atoms with Crippen molar-refractivity contribution in [3.05, 3.63) is 35.9 Å². The van der Waals surface area contributed by atoms with E-state index in [1.807, 2.05) is 13.8 Å². The molecule has 14 heavy (non-hydrogen) atoms. The van der Waals surface area contributed by atoms with Crippen molar-refractivity contribution in [1.82, 2.24) is 0 Å². The first-order valence-electron chi connectivity index (χ1n) is 5.27. The molecule has 1 aromatic rings. The molecule has 1 rings (SSSR count). The Bertz CT molecular complexity index is 180. The average Bonchev–Trinajstić information content (AvgIpc) is 2.24. The van der Waals surface area contributed by atoms with E-state index in [1.54, 1.807) is 0 Å². The molecular formula is C13H24O. The lowest BCUT2D eigenvalue weighted by atomic mass is 10.0. The summed E-state index contributed by atoms with van der Waals surface area (Å²) >= 11 is 0. The molecular weight excluding hydrogens is 172 g/mol. The molecule has 0 bridgehead atoms. The van der Waals surface area contributed by atoms with Gasteiger partial charge < -0.3 is 5.11 Å². The van der Waals surface area contributed by atoms with Gasteiger partial charge in [-0.3, -0.25) is 0 Å². The van der Waals surface area contributed by atoms with E-state index in [4.69, 9.17) is 5.11 Å². The summed E-state index contributed by atoms with van der Waals surface area (Å²) in [6.45, 7) is 8.49. The molecule has 82 valence electrons. The van der Waals surface area contributed by atoms with Gasteiger partial charge in [0.2, 0.25) is 0 Å². The molecule has 0 aromatic heterocycles. The molecule has 0 aliphatic carbocycles. The van der Waals surface area contributed by atoms with Crippen LogP contribution in [0.5, 0.6) is 0 Å². The van der Waals surface area contributed by atoms with Crippen molar-refractivity contribution in [3.8, 4) is 0 Å². The number of aliphatic hydroxyl groups excluding tert-OH is 1. The second kappa shape index (κ2) is 12.2. The van der Waals surface area contributed by atoms with Gasteiger partial charge in [-0.2, -0.15) is 0 Å². The van der Waals surface area contributed by atoms with Gasteiger partial charge in [0.25, 0.3) is 0 Å². The third-order valence-electron chi connectivity index (χ3n) is 1.49. The van der Waals surface area contributed by atoms with Gasteiger partial charge >= 0.3 is 0 Å². The molecule has 0 fully saturated rings. The van der Waals surface area contributed by atoms with Gasteiger partial charge in [0.05, 0.1) is 0 Å². The van der Waals surface area contributed by atoms with E-state index in [1.165, 1.54) is 12.0 Å². The first kappa shape index (κ1) is 15.6. The predicted octanol–water partition coefficient (Wildman–Crippen LogP) is 3.52. The molecule has 0 saturated heterocycles. The van der Waals surface area contributed by atoms with Gasteiger partial charge in [0.1, 0.15) is 0 Å². The Morgan fingerprint density at radius 3 is 1.79 bits per heavy atom. The highest BCUT2D eigenvalue weighted by atomic mass is 16.2. The van der Waals surface area contributed by atoms with Gasteiger partial charge in [-0.25, -0.2) is 0 Å². The molecule has 1 heteroatoms. The van der Waals surface area contributed by atoms with E-state index in [9.17, 15) is 0 Å². The Kier molecular flexibility index (Phi) is 13.6. The molecule has 0 atom stereocenters. The fourth-order valence-corrected chi connectivity index (χ4v) is 1.09. The van der Waals surface area contributed by atoms with E-state index in [2.05, 4.69) is 44.2 Å². The molecule has 0 radical (unpaired) electrons. The topological polar surface area (TPSA) is 20.2 Å². The zero-order valence-corrected chi connectivity index (χ0v) is 10.1. The monoisotopic (exact) mass is 196 g/mol. The summed E-state index contributed by atoms with van der Waals surface area (Å²) in [5.74, 6) is 0.766. The molecule has 0 unspecified atom stereocenters. The molecule has 0 amide bonds. The number of benzene rings is 1. The normalized spacial score (nSPS) is 8.21. The van der Waals surface area contributed by atoms with Crippen LogP contribution in [0.4, 0.5) is 0 Å². The summed E-state index contributed by atoms with van der Waals surface area (Å²) in [5.41, 5.74) is 1.44. The summed E-state index contributed by atoms with van der Waals surface area (Å²) in [5, 5.41) is 7.00. The summed E-state index contributed by atoms with van der Waals surface area (Å²) in [7, 11) is 1.00. The van der Waals surface area contributed by atoms with E-state index < -0.39 is 0 Å². The number of aliphatic hydroxyl groups is 1. The number of hydrogen-bond acceptors (Lipinski definition) is 1. The highest BCUT2D eigenvalue weighted by molar-refractivity contribution is 5.14. The summed E-state index contributed by atoms with van der Waals surface area (Å²) in [6.07, 6.45) is 1.20. The summed E-state index contributed by atoms with van der Waals surface area (Å²) in [4.78, 5) is 0. The largest absolute Gasteiger partial charge is 0.400 e. The minimum atomic E-state index is 0.766. The maximum absolute atomic E-state index is 7.00. The lowest BCUT2D eigenvalue weighted by molar-refractivity contribution is 0.399. The summed E-state index contributed by atoms with van der Waals surface area (Å²) in [6, 6.07) is 10.6. The molecule has 0 aliphatic rings. The third-order valence-corrected chi connectivity index (χ3v) is 1.49. The van der Waals surface area contributed by atoms with Crippen LogP contribution in [0.15, 0.2) is 30.3 Å². The fourth-order valence-electron chi connectivity index (χ4n) is 1.09. The van der Waals surface area contributed by atoms with Crippen LogP contribution in [-0.4, -0.2) is 12.2 Å². The molecule has 0 aliphatic heterocycles.